The van der Waals surface area contributed by atoms with E-state index in [-0.39, 0.29) is 41.9 Å². The van der Waals surface area contributed by atoms with Gasteiger partial charge in [0, 0.05) is 0 Å². The maximum absolute atomic E-state index is 12.4. The molecule has 0 saturated heterocycles. The van der Waals surface area contributed by atoms with Crippen molar-refractivity contribution in [1.82, 2.24) is 5.32 Å². The van der Waals surface area contributed by atoms with Gasteiger partial charge in [0.05, 0.1) is 23.7 Å². The van der Waals surface area contributed by atoms with E-state index in [2.05, 4.69) is 5.32 Å². The summed E-state index contributed by atoms with van der Waals surface area (Å²) in [5.41, 5.74) is 0.854. The van der Waals surface area contributed by atoms with Crippen molar-refractivity contribution in [3.8, 4) is 0 Å². The van der Waals surface area contributed by atoms with Crippen LogP contribution in [0.15, 0.2) is 65.6 Å². The minimum atomic E-state index is -3.41. The first-order valence-corrected chi connectivity index (χ1v) is 11.2. The number of benzene rings is 2. The van der Waals surface area contributed by atoms with Crippen LogP contribution in [0.5, 0.6) is 0 Å². The van der Waals surface area contributed by atoms with Crippen LogP contribution in [0.1, 0.15) is 25.8 Å². The van der Waals surface area contributed by atoms with Crippen molar-refractivity contribution in [2.45, 2.75) is 37.6 Å². The number of amides is 1. The number of ether oxygens (including phenoxy) is 1. The Labute approximate surface area is 172 Å². The molecule has 2 aromatic carbocycles. The molecule has 0 unspecified atom stereocenters. The Kier molecular flexibility index (Phi) is 8.39. The second-order valence-corrected chi connectivity index (χ2v) is 9.21. The summed E-state index contributed by atoms with van der Waals surface area (Å²) in [7, 11) is -3.41. The van der Waals surface area contributed by atoms with Gasteiger partial charge in [-0.05, 0) is 30.0 Å². The van der Waals surface area contributed by atoms with Crippen LogP contribution >= 0.6 is 0 Å². The zero-order valence-corrected chi connectivity index (χ0v) is 17.5. The first-order valence-electron chi connectivity index (χ1n) is 9.57. The maximum atomic E-state index is 12.4. The molecule has 0 saturated carbocycles. The Morgan fingerprint density at radius 3 is 2.14 bits per heavy atom. The number of hydrogen-bond donors (Lipinski definition) is 1. The van der Waals surface area contributed by atoms with Gasteiger partial charge in [-0.3, -0.25) is 4.79 Å². The fraction of sp³-hybridized carbons (Fsp3) is 0.364. The zero-order valence-electron chi connectivity index (χ0n) is 16.7. The van der Waals surface area contributed by atoms with Crippen molar-refractivity contribution in [3.05, 3.63) is 66.2 Å². The van der Waals surface area contributed by atoms with Crippen molar-refractivity contribution in [2.75, 3.05) is 12.4 Å². The van der Waals surface area contributed by atoms with Gasteiger partial charge >= 0.3 is 5.97 Å². The van der Waals surface area contributed by atoms with Gasteiger partial charge in [-0.25, -0.2) is 13.2 Å². The first-order chi connectivity index (χ1) is 13.8. The van der Waals surface area contributed by atoms with Crippen LogP contribution in [0.3, 0.4) is 0 Å². The van der Waals surface area contributed by atoms with Gasteiger partial charge in [0.2, 0.25) is 5.91 Å². The van der Waals surface area contributed by atoms with E-state index in [1.165, 1.54) is 0 Å². The van der Waals surface area contributed by atoms with Crippen molar-refractivity contribution in [3.63, 3.8) is 0 Å². The molecule has 29 heavy (non-hydrogen) atoms. The Hall–Kier alpha value is -2.67. The summed E-state index contributed by atoms with van der Waals surface area (Å²) in [5.74, 6) is -1.09. The highest BCUT2D eigenvalue weighted by atomic mass is 32.2. The predicted molar refractivity (Wildman–Crippen MR) is 111 cm³/mol. The molecule has 0 heterocycles. The van der Waals surface area contributed by atoms with Crippen LogP contribution in [0.4, 0.5) is 0 Å². The van der Waals surface area contributed by atoms with Crippen molar-refractivity contribution >= 4 is 21.7 Å². The minimum absolute atomic E-state index is 0.0251. The summed E-state index contributed by atoms with van der Waals surface area (Å²) in [6.45, 7) is 3.60. The summed E-state index contributed by atoms with van der Waals surface area (Å²) < 4.78 is 29.7. The SMILES string of the molecule is CC(C)[C@H](NC(=O)Cc1ccccc1)C(=O)OCCCS(=O)(=O)c1ccccc1. The van der Waals surface area contributed by atoms with Crippen molar-refractivity contribution in [1.29, 1.82) is 0 Å². The van der Waals surface area contributed by atoms with E-state index in [0.29, 0.717) is 0 Å². The number of carbonyl (C=O) groups excluding carboxylic acids is 2. The van der Waals surface area contributed by atoms with Gasteiger partial charge in [0.1, 0.15) is 6.04 Å². The number of sulfone groups is 1. The van der Waals surface area contributed by atoms with Crippen LogP contribution in [0, 0.1) is 5.92 Å². The van der Waals surface area contributed by atoms with Gasteiger partial charge in [0.15, 0.2) is 9.84 Å². The third-order valence-electron chi connectivity index (χ3n) is 4.35. The summed E-state index contributed by atoms with van der Waals surface area (Å²) >= 11 is 0. The zero-order chi connectivity index (χ0) is 21.3. The highest BCUT2D eigenvalue weighted by Gasteiger charge is 2.26. The minimum Gasteiger partial charge on any atom is -0.464 e. The molecule has 2 aromatic rings. The third-order valence-corrected chi connectivity index (χ3v) is 6.17. The molecule has 1 N–H and O–H groups in total. The Morgan fingerprint density at radius 2 is 1.55 bits per heavy atom. The van der Waals surface area contributed by atoms with Crippen LogP contribution in [-0.2, 0) is 30.6 Å². The Morgan fingerprint density at radius 1 is 0.966 bits per heavy atom. The van der Waals surface area contributed by atoms with E-state index in [0.717, 1.165) is 5.56 Å². The van der Waals surface area contributed by atoms with Gasteiger partial charge < -0.3 is 10.1 Å². The lowest BCUT2D eigenvalue weighted by Crippen LogP contribution is -2.46. The van der Waals surface area contributed by atoms with Crippen molar-refractivity contribution < 1.29 is 22.7 Å². The molecule has 1 amide bonds. The van der Waals surface area contributed by atoms with E-state index in [1.807, 2.05) is 44.2 Å². The maximum Gasteiger partial charge on any atom is 0.328 e. The smallest absolute Gasteiger partial charge is 0.328 e. The Balaban J connectivity index is 1.82. The molecule has 1 atom stereocenters. The van der Waals surface area contributed by atoms with Gasteiger partial charge in [-0.2, -0.15) is 0 Å². The number of esters is 1. The number of hydrogen-bond acceptors (Lipinski definition) is 5. The highest BCUT2D eigenvalue weighted by molar-refractivity contribution is 7.91. The molecule has 0 aliphatic rings. The van der Waals surface area contributed by atoms with E-state index >= 15 is 0 Å². The second kappa shape index (κ2) is 10.8. The van der Waals surface area contributed by atoms with E-state index in [9.17, 15) is 18.0 Å². The molecule has 0 radical (unpaired) electrons. The fourth-order valence-corrected chi connectivity index (χ4v) is 4.07. The van der Waals surface area contributed by atoms with Gasteiger partial charge in [0.25, 0.3) is 0 Å². The molecule has 156 valence electrons. The normalized spacial score (nSPS) is 12.4. The molecule has 7 heteroatoms. The summed E-state index contributed by atoms with van der Waals surface area (Å²) in [5, 5.41) is 2.72. The lowest BCUT2D eigenvalue weighted by Gasteiger charge is -2.21. The van der Waals surface area contributed by atoms with Gasteiger partial charge in [-0.15, -0.1) is 0 Å². The summed E-state index contributed by atoms with van der Waals surface area (Å²) in [6.07, 6.45) is 0.360. The number of carbonyl (C=O) groups is 2. The van der Waals surface area contributed by atoms with Crippen LogP contribution in [0.2, 0.25) is 0 Å². The molecule has 0 spiro atoms. The average molecular weight is 418 g/mol. The van der Waals surface area contributed by atoms with Crippen LogP contribution in [0.25, 0.3) is 0 Å². The van der Waals surface area contributed by atoms with E-state index in [1.54, 1.807) is 30.3 Å². The Bertz CT molecular complexity index is 895. The fourth-order valence-electron chi connectivity index (χ4n) is 2.76. The van der Waals surface area contributed by atoms with Crippen LogP contribution in [-0.4, -0.2) is 38.7 Å². The predicted octanol–water partition coefficient (Wildman–Crippen LogP) is 2.78. The van der Waals surface area contributed by atoms with Gasteiger partial charge in [-0.1, -0.05) is 62.4 Å². The number of rotatable bonds is 10. The summed E-state index contributed by atoms with van der Waals surface area (Å²) in [6, 6.07) is 16.6. The standard InChI is InChI=1S/C22H27NO5S/c1-17(2)21(23-20(24)16-18-10-5-3-6-11-18)22(25)28-14-9-15-29(26,27)19-12-7-4-8-13-19/h3-8,10-13,17,21H,9,14-16H2,1-2H3,(H,23,24)/t21-/m0/s1. The average Bonchev–Trinajstić information content (AvgIpc) is 2.70. The molecule has 0 fully saturated rings. The molecule has 0 bridgehead atoms. The van der Waals surface area contributed by atoms with E-state index < -0.39 is 21.8 Å². The molecular formula is C22H27NO5S. The highest BCUT2D eigenvalue weighted by Crippen LogP contribution is 2.12. The van der Waals surface area contributed by atoms with Crippen molar-refractivity contribution in [2.24, 2.45) is 5.92 Å². The van der Waals surface area contributed by atoms with E-state index in [4.69, 9.17) is 4.74 Å². The first kappa shape index (κ1) is 22.6. The molecule has 0 aliphatic heterocycles. The molecular weight excluding hydrogens is 390 g/mol. The molecule has 2 rings (SSSR count). The largest absolute Gasteiger partial charge is 0.464 e. The monoisotopic (exact) mass is 417 g/mol. The second-order valence-electron chi connectivity index (χ2n) is 7.10. The summed E-state index contributed by atoms with van der Waals surface area (Å²) in [4.78, 5) is 24.9. The lowest BCUT2D eigenvalue weighted by atomic mass is 10.0. The number of nitrogens with one attached hydrogen (secondary N) is 1. The third kappa shape index (κ3) is 7.34. The topological polar surface area (TPSA) is 89.5 Å². The lowest BCUT2D eigenvalue weighted by molar-refractivity contribution is -0.149. The molecule has 0 aromatic heterocycles. The quantitative estimate of drug-likeness (QED) is 0.474. The molecule has 0 aliphatic carbocycles. The van der Waals surface area contributed by atoms with Crippen LogP contribution < -0.4 is 5.32 Å². The molecule has 6 nitrogen and oxygen atoms in total.